The smallest absolute Gasteiger partial charge is 0.291 e. The maximum absolute atomic E-state index is 8.43. The number of hydrogen-bond donors (Lipinski definition) is 2. The van der Waals surface area contributed by atoms with E-state index in [4.69, 9.17) is 20.4 Å². The van der Waals surface area contributed by atoms with Gasteiger partial charge in [-0.3, -0.25) is 0 Å². The molecule has 80 valence electrons. The highest BCUT2D eigenvalue weighted by atomic mass is 16.9. The molecule has 0 aromatic heterocycles. The lowest BCUT2D eigenvalue weighted by atomic mass is 10.1. The van der Waals surface area contributed by atoms with Gasteiger partial charge in [-0.2, -0.15) is 0 Å². The van der Waals surface area contributed by atoms with Gasteiger partial charge in [0.05, 0.1) is 0 Å². The topological polar surface area (TPSA) is 83.6 Å². The van der Waals surface area contributed by atoms with Gasteiger partial charge in [-0.1, -0.05) is 33.1 Å². The van der Waals surface area contributed by atoms with Gasteiger partial charge < -0.3 is 10.3 Å². The van der Waals surface area contributed by atoms with E-state index < -0.39 is 5.09 Å². The minimum atomic E-state index is -1.50. The highest BCUT2D eigenvalue weighted by Gasteiger charge is 1.92. The van der Waals surface area contributed by atoms with E-state index in [1.54, 1.807) is 0 Å². The van der Waals surface area contributed by atoms with Crippen molar-refractivity contribution < 1.29 is 15.4 Å². The summed E-state index contributed by atoms with van der Waals surface area (Å²) >= 11 is 0. The molecule has 0 saturated heterocycles. The van der Waals surface area contributed by atoms with Crippen LogP contribution in [-0.4, -0.2) is 22.0 Å². The Kier molecular flexibility index (Phi) is 12.6. The van der Waals surface area contributed by atoms with Crippen LogP contribution in [0.2, 0.25) is 0 Å². The third kappa shape index (κ3) is 35.2. The molecule has 5 nitrogen and oxygen atoms in total. The predicted octanol–water partition coefficient (Wildman–Crippen LogP) is 1.85. The lowest BCUT2D eigenvalue weighted by Gasteiger charge is -2.01. The van der Waals surface area contributed by atoms with Gasteiger partial charge in [-0.05, 0) is 12.3 Å². The highest BCUT2D eigenvalue weighted by molar-refractivity contribution is 4.45. The molecule has 0 unspecified atom stereocenters. The van der Waals surface area contributed by atoms with Crippen LogP contribution < -0.4 is 0 Å². The fourth-order valence-electron chi connectivity index (χ4n) is 0.841. The molecule has 0 aromatic carbocycles. The zero-order valence-electron chi connectivity index (χ0n) is 8.27. The first kappa shape index (κ1) is 14.7. The third-order valence-corrected chi connectivity index (χ3v) is 1.44. The highest BCUT2D eigenvalue weighted by Crippen LogP contribution is 2.06. The largest absolute Gasteiger partial charge is 0.396 e. The lowest BCUT2D eigenvalue weighted by molar-refractivity contribution is -0.742. The van der Waals surface area contributed by atoms with Gasteiger partial charge in [0.2, 0.25) is 0 Å². The van der Waals surface area contributed by atoms with E-state index >= 15 is 0 Å². The number of aliphatic hydroxyl groups is 1. The summed E-state index contributed by atoms with van der Waals surface area (Å²) in [6, 6.07) is 0. The molecule has 2 N–H and O–H groups in total. The van der Waals surface area contributed by atoms with Gasteiger partial charge in [0.15, 0.2) is 0 Å². The van der Waals surface area contributed by atoms with Crippen LogP contribution in [0.5, 0.6) is 0 Å². The zero-order valence-corrected chi connectivity index (χ0v) is 8.27. The molecule has 0 aromatic rings. The van der Waals surface area contributed by atoms with Gasteiger partial charge in [-0.15, -0.1) is 10.1 Å². The second-order valence-corrected chi connectivity index (χ2v) is 3.20. The number of nitrogens with zero attached hydrogens (tertiary/aromatic N) is 1. The molecule has 0 fully saturated rings. The monoisotopic (exact) mass is 193 g/mol. The molecule has 0 atom stereocenters. The number of hydrogen-bond acceptors (Lipinski definition) is 3. The minimum absolute atomic E-state index is 0.359. The summed E-state index contributed by atoms with van der Waals surface area (Å²) < 4.78 is 0. The molecule has 0 radical (unpaired) electrons. The van der Waals surface area contributed by atoms with Crippen molar-refractivity contribution >= 4 is 0 Å². The first-order valence-corrected chi connectivity index (χ1v) is 4.44. The maximum atomic E-state index is 8.43. The molecule has 0 bridgehead atoms. The van der Waals surface area contributed by atoms with Crippen LogP contribution in [0.1, 0.15) is 39.5 Å². The van der Waals surface area contributed by atoms with Crippen LogP contribution in [0.25, 0.3) is 0 Å². The van der Waals surface area contributed by atoms with E-state index in [9.17, 15) is 0 Å². The SMILES string of the molecule is CC(C)CCCCCO.O=[N+]([O-])O. The molecule has 0 spiro atoms. The first-order valence-electron chi connectivity index (χ1n) is 4.44. The van der Waals surface area contributed by atoms with Gasteiger partial charge in [0.25, 0.3) is 5.09 Å². The molecule has 0 amide bonds. The van der Waals surface area contributed by atoms with Crippen LogP contribution in [0, 0.1) is 16.0 Å². The van der Waals surface area contributed by atoms with Gasteiger partial charge >= 0.3 is 0 Å². The number of aliphatic hydroxyl groups excluding tert-OH is 1. The zero-order chi connectivity index (χ0) is 10.7. The second kappa shape index (κ2) is 11.2. The van der Waals surface area contributed by atoms with Gasteiger partial charge in [0, 0.05) is 6.61 Å². The average molecular weight is 193 g/mol. The van der Waals surface area contributed by atoms with E-state index in [1.165, 1.54) is 19.3 Å². The standard InChI is InChI=1S/C8H18O.HNO3/c1-8(2)6-4-3-5-7-9;2-1(3)4/h8-9H,3-7H2,1-2H3;(H,2,3,4). The van der Waals surface area contributed by atoms with Crippen molar-refractivity contribution in [2.45, 2.75) is 39.5 Å². The molecule has 0 rings (SSSR count). The summed E-state index contributed by atoms with van der Waals surface area (Å²) in [7, 11) is 0. The van der Waals surface area contributed by atoms with Crippen molar-refractivity contribution in [1.29, 1.82) is 0 Å². The van der Waals surface area contributed by atoms with Crippen molar-refractivity contribution in [1.82, 2.24) is 0 Å². The summed E-state index contributed by atoms with van der Waals surface area (Å²) in [6.07, 6.45) is 4.75. The number of rotatable bonds is 5. The van der Waals surface area contributed by atoms with E-state index in [-0.39, 0.29) is 0 Å². The molecule has 0 aliphatic heterocycles. The summed E-state index contributed by atoms with van der Waals surface area (Å²) in [5, 5.41) is 22.1. The summed E-state index contributed by atoms with van der Waals surface area (Å²) in [6.45, 7) is 4.83. The normalized spacial score (nSPS) is 9.23. The Hall–Kier alpha value is -0.840. The van der Waals surface area contributed by atoms with Crippen molar-refractivity contribution in [3.8, 4) is 0 Å². The second-order valence-electron chi connectivity index (χ2n) is 3.20. The van der Waals surface area contributed by atoms with Gasteiger partial charge in [-0.25, -0.2) is 0 Å². The molecular formula is C8H19NO4. The van der Waals surface area contributed by atoms with Crippen molar-refractivity contribution in [2.75, 3.05) is 6.61 Å². The molecule has 13 heavy (non-hydrogen) atoms. The average Bonchev–Trinajstić information content (AvgIpc) is 1.97. The Balaban J connectivity index is 0. The van der Waals surface area contributed by atoms with Crippen LogP contribution >= 0.6 is 0 Å². The van der Waals surface area contributed by atoms with Crippen LogP contribution in [-0.2, 0) is 0 Å². The quantitative estimate of drug-likeness (QED) is 0.396. The Bertz CT molecular complexity index is 113. The predicted molar refractivity (Wildman–Crippen MR) is 49.2 cm³/mol. The van der Waals surface area contributed by atoms with Crippen LogP contribution in [0.3, 0.4) is 0 Å². The first-order chi connectivity index (χ1) is 6.00. The van der Waals surface area contributed by atoms with Gasteiger partial charge in [0.1, 0.15) is 0 Å². The molecule has 0 heterocycles. The summed E-state index contributed by atoms with van der Waals surface area (Å²) in [4.78, 5) is 8.36. The number of unbranched alkanes of at least 4 members (excludes halogenated alkanes) is 2. The van der Waals surface area contributed by atoms with E-state index in [1.807, 2.05) is 0 Å². The maximum Gasteiger partial charge on any atom is 0.291 e. The van der Waals surface area contributed by atoms with E-state index in [2.05, 4.69) is 13.8 Å². The summed E-state index contributed by atoms with van der Waals surface area (Å²) in [5.41, 5.74) is 0. The van der Waals surface area contributed by atoms with Crippen molar-refractivity contribution in [2.24, 2.45) is 5.92 Å². The fourth-order valence-corrected chi connectivity index (χ4v) is 0.841. The Labute approximate surface area is 78.5 Å². The minimum Gasteiger partial charge on any atom is -0.396 e. The Morgan fingerprint density at radius 3 is 2.08 bits per heavy atom. The molecule has 0 saturated carbocycles. The van der Waals surface area contributed by atoms with Crippen molar-refractivity contribution in [3.63, 3.8) is 0 Å². The fraction of sp³-hybridized carbons (Fsp3) is 1.00. The third-order valence-electron chi connectivity index (χ3n) is 1.44. The van der Waals surface area contributed by atoms with Crippen LogP contribution in [0.4, 0.5) is 0 Å². The molecule has 0 aliphatic rings. The van der Waals surface area contributed by atoms with E-state index in [0.29, 0.717) is 6.61 Å². The van der Waals surface area contributed by atoms with E-state index in [0.717, 1.165) is 12.3 Å². The molecule has 5 heteroatoms. The summed E-state index contributed by atoms with van der Waals surface area (Å²) in [5.74, 6) is 0.823. The van der Waals surface area contributed by atoms with Crippen LogP contribution in [0.15, 0.2) is 0 Å². The Morgan fingerprint density at radius 1 is 1.31 bits per heavy atom. The molecule has 0 aliphatic carbocycles. The molecular weight excluding hydrogens is 174 g/mol. The Morgan fingerprint density at radius 2 is 1.77 bits per heavy atom. The van der Waals surface area contributed by atoms with Crippen molar-refractivity contribution in [3.05, 3.63) is 10.1 Å². The lowest BCUT2D eigenvalue weighted by Crippen LogP contribution is -1.88.